The van der Waals surface area contributed by atoms with Crippen molar-refractivity contribution in [3.05, 3.63) is 0 Å². The Morgan fingerprint density at radius 3 is 2.00 bits per heavy atom. The number of carboxylic acid groups (broad SMARTS) is 1. The Morgan fingerprint density at radius 1 is 1.17 bits per heavy atom. The molecule has 0 amide bonds. The van der Waals surface area contributed by atoms with Crippen molar-refractivity contribution in [2.24, 2.45) is 5.41 Å². The van der Waals surface area contributed by atoms with Crippen molar-refractivity contribution in [3.8, 4) is 0 Å². The van der Waals surface area contributed by atoms with Gasteiger partial charge in [0.15, 0.2) is 0 Å². The Bertz CT molecular complexity index is 157. The third-order valence-corrected chi connectivity index (χ3v) is 2.82. The van der Waals surface area contributed by atoms with Crippen LogP contribution in [0, 0.1) is 5.41 Å². The number of aliphatic hydroxyl groups excluding tert-OH is 1. The third kappa shape index (κ3) is 1.78. The van der Waals surface area contributed by atoms with E-state index in [0.29, 0.717) is 12.8 Å². The quantitative estimate of drug-likeness (QED) is 0.619. The van der Waals surface area contributed by atoms with Crippen LogP contribution < -0.4 is 0 Å². The molecule has 0 unspecified atom stereocenters. The zero-order chi connectivity index (χ0) is 9.03. The monoisotopic (exact) mass is 172 g/mol. The molecule has 3 nitrogen and oxygen atoms in total. The third-order valence-electron chi connectivity index (χ3n) is 2.82. The van der Waals surface area contributed by atoms with Crippen molar-refractivity contribution in [2.75, 3.05) is 6.61 Å². The van der Waals surface area contributed by atoms with Crippen molar-refractivity contribution in [1.82, 2.24) is 0 Å². The fourth-order valence-corrected chi connectivity index (χ4v) is 1.84. The summed E-state index contributed by atoms with van der Waals surface area (Å²) in [5, 5.41) is 18.0. The van der Waals surface area contributed by atoms with Crippen LogP contribution in [0.4, 0.5) is 0 Å². The highest BCUT2D eigenvalue weighted by molar-refractivity contribution is 5.74. The highest BCUT2D eigenvalue weighted by atomic mass is 16.4. The first-order valence-electron chi connectivity index (χ1n) is 4.55. The van der Waals surface area contributed by atoms with E-state index >= 15 is 0 Å². The van der Waals surface area contributed by atoms with Crippen LogP contribution >= 0.6 is 0 Å². The normalized spacial score (nSPS) is 23.1. The van der Waals surface area contributed by atoms with Gasteiger partial charge in [-0.2, -0.15) is 0 Å². The predicted molar refractivity (Wildman–Crippen MR) is 44.9 cm³/mol. The second-order valence-electron chi connectivity index (χ2n) is 3.66. The van der Waals surface area contributed by atoms with Crippen molar-refractivity contribution in [1.29, 1.82) is 0 Å². The lowest BCUT2D eigenvalue weighted by atomic mass is 9.81. The number of hydrogen-bond donors (Lipinski definition) is 2. The number of hydrogen-bond acceptors (Lipinski definition) is 2. The summed E-state index contributed by atoms with van der Waals surface area (Å²) in [6.07, 6.45) is 5.36. The highest BCUT2D eigenvalue weighted by Crippen LogP contribution is 2.34. The van der Waals surface area contributed by atoms with Crippen LogP contribution in [-0.4, -0.2) is 22.8 Å². The molecule has 12 heavy (non-hydrogen) atoms. The molecule has 2 N–H and O–H groups in total. The zero-order valence-electron chi connectivity index (χ0n) is 7.25. The van der Waals surface area contributed by atoms with Gasteiger partial charge in [-0.25, -0.2) is 0 Å². The second kappa shape index (κ2) is 3.90. The summed E-state index contributed by atoms with van der Waals surface area (Å²) < 4.78 is 0. The van der Waals surface area contributed by atoms with Crippen molar-refractivity contribution in [2.45, 2.75) is 38.5 Å². The lowest BCUT2D eigenvalue weighted by molar-refractivity contribution is -0.152. The molecule has 0 radical (unpaired) electrons. The van der Waals surface area contributed by atoms with Crippen LogP contribution in [0.25, 0.3) is 0 Å². The van der Waals surface area contributed by atoms with E-state index in [-0.39, 0.29) is 6.61 Å². The molecular formula is C9H16O3. The van der Waals surface area contributed by atoms with Gasteiger partial charge in [0.25, 0.3) is 0 Å². The fourth-order valence-electron chi connectivity index (χ4n) is 1.84. The van der Waals surface area contributed by atoms with E-state index in [2.05, 4.69) is 0 Å². The topological polar surface area (TPSA) is 57.5 Å². The van der Waals surface area contributed by atoms with Gasteiger partial charge in [0, 0.05) is 0 Å². The SMILES string of the molecule is O=C(O)C1(CO)CCCCCC1. The molecule has 3 heteroatoms. The Morgan fingerprint density at radius 2 is 1.67 bits per heavy atom. The molecule has 0 atom stereocenters. The van der Waals surface area contributed by atoms with E-state index in [1.165, 1.54) is 0 Å². The van der Waals surface area contributed by atoms with Gasteiger partial charge in [-0.1, -0.05) is 25.7 Å². The van der Waals surface area contributed by atoms with Gasteiger partial charge in [0.05, 0.1) is 12.0 Å². The standard InChI is InChI=1S/C9H16O3/c10-7-9(8(11)12)5-3-1-2-4-6-9/h10H,1-7H2,(H,11,12). The Balaban J connectivity index is 2.68. The molecule has 70 valence electrons. The van der Waals surface area contributed by atoms with Gasteiger partial charge in [-0.05, 0) is 12.8 Å². The average Bonchev–Trinajstić information content (AvgIpc) is 2.29. The van der Waals surface area contributed by atoms with E-state index in [4.69, 9.17) is 10.2 Å². The Hall–Kier alpha value is -0.570. The summed E-state index contributed by atoms with van der Waals surface area (Å²) in [4.78, 5) is 10.9. The van der Waals surface area contributed by atoms with Gasteiger partial charge in [-0.3, -0.25) is 4.79 Å². The molecule has 0 aromatic carbocycles. The molecule has 1 aliphatic rings. The van der Waals surface area contributed by atoms with Gasteiger partial charge in [0.1, 0.15) is 0 Å². The molecular weight excluding hydrogens is 156 g/mol. The van der Waals surface area contributed by atoms with Gasteiger partial charge < -0.3 is 10.2 Å². The molecule has 0 aromatic rings. The van der Waals surface area contributed by atoms with Gasteiger partial charge in [-0.15, -0.1) is 0 Å². The van der Waals surface area contributed by atoms with Crippen LogP contribution in [0.2, 0.25) is 0 Å². The van der Waals surface area contributed by atoms with E-state index in [0.717, 1.165) is 25.7 Å². The molecule has 0 heterocycles. The van der Waals surface area contributed by atoms with Gasteiger partial charge in [0.2, 0.25) is 0 Å². The summed E-state index contributed by atoms with van der Waals surface area (Å²) in [7, 11) is 0. The number of aliphatic carboxylic acids is 1. The summed E-state index contributed by atoms with van der Waals surface area (Å²) in [6.45, 7) is -0.206. The molecule has 1 fully saturated rings. The molecule has 1 aliphatic carbocycles. The number of rotatable bonds is 2. The number of aliphatic hydroxyl groups is 1. The van der Waals surface area contributed by atoms with E-state index in [1.54, 1.807) is 0 Å². The molecule has 0 aliphatic heterocycles. The first-order chi connectivity index (χ1) is 5.71. The molecule has 0 saturated heterocycles. The molecule has 0 bridgehead atoms. The summed E-state index contributed by atoms with van der Waals surface area (Å²) >= 11 is 0. The maximum Gasteiger partial charge on any atom is 0.311 e. The second-order valence-corrected chi connectivity index (χ2v) is 3.66. The Labute approximate surface area is 72.4 Å². The van der Waals surface area contributed by atoms with Crippen LogP contribution in [0.1, 0.15) is 38.5 Å². The number of carbonyl (C=O) groups is 1. The van der Waals surface area contributed by atoms with Crippen LogP contribution in [-0.2, 0) is 4.79 Å². The lowest BCUT2D eigenvalue weighted by Gasteiger charge is -2.24. The molecule has 1 saturated carbocycles. The molecule has 1 rings (SSSR count). The van der Waals surface area contributed by atoms with Crippen LogP contribution in [0.5, 0.6) is 0 Å². The highest BCUT2D eigenvalue weighted by Gasteiger charge is 2.37. The van der Waals surface area contributed by atoms with E-state index in [9.17, 15) is 4.79 Å². The molecule has 0 aromatic heterocycles. The van der Waals surface area contributed by atoms with E-state index < -0.39 is 11.4 Å². The smallest absolute Gasteiger partial charge is 0.311 e. The van der Waals surface area contributed by atoms with Crippen molar-refractivity contribution >= 4 is 5.97 Å². The predicted octanol–water partition coefficient (Wildman–Crippen LogP) is 1.40. The summed E-state index contributed by atoms with van der Waals surface area (Å²) in [5.41, 5.74) is -0.823. The largest absolute Gasteiger partial charge is 0.481 e. The lowest BCUT2D eigenvalue weighted by Crippen LogP contribution is -2.34. The molecule has 0 spiro atoms. The zero-order valence-corrected chi connectivity index (χ0v) is 7.25. The van der Waals surface area contributed by atoms with E-state index in [1.807, 2.05) is 0 Å². The maximum atomic E-state index is 10.9. The number of carboxylic acids is 1. The minimum atomic E-state index is -0.827. The maximum absolute atomic E-state index is 10.9. The van der Waals surface area contributed by atoms with Crippen molar-refractivity contribution in [3.63, 3.8) is 0 Å². The minimum Gasteiger partial charge on any atom is -0.481 e. The summed E-state index contributed by atoms with van der Waals surface area (Å²) in [5.74, 6) is -0.827. The minimum absolute atomic E-state index is 0.206. The van der Waals surface area contributed by atoms with Gasteiger partial charge >= 0.3 is 5.97 Å². The average molecular weight is 172 g/mol. The Kier molecular flexibility index (Phi) is 3.09. The van der Waals surface area contributed by atoms with Crippen LogP contribution in [0.15, 0.2) is 0 Å². The first-order valence-corrected chi connectivity index (χ1v) is 4.55. The fraction of sp³-hybridized carbons (Fsp3) is 0.889. The van der Waals surface area contributed by atoms with Crippen molar-refractivity contribution < 1.29 is 15.0 Å². The summed E-state index contributed by atoms with van der Waals surface area (Å²) in [6, 6.07) is 0. The van der Waals surface area contributed by atoms with Crippen LogP contribution in [0.3, 0.4) is 0 Å². The first kappa shape index (κ1) is 9.52.